The first-order chi connectivity index (χ1) is 11.5. The van der Waals surface area contributed by atoms with Crippen molar-refractivity contribution >= 4 is 11.8 Å². The van der Waals surface area contributed by atoms with Crippen LogP contribution >= 0.6 is 0 Å². The van der Waals surface area contributed by atoms with Crippen LogP contribution in [0.25, 0.3) is 0 Å². The molecule has 0 aromatic heterocycles. The van der Waals surface area contributed by atoms with E-state index in [1.807, 2.05) is 0 Å². The van der Waals surface area contributed by atoms with Gasteiger partial charge in [0.2, 0.25) is 0 Å². The van der Waals surface area contributed by atoms with E-state index in [4.69, 9.17) is 14.2 Å². The van der Waals surface area contributed by atoms with Crippen molar-refractivity contribution in [3.05, 3.63) is 53.1 Å². The van der Waals surface area contributed by atoms with Crippen LogP contribution < -0.4 is 9.47 Å². The van der Waals surface area contributed by atoms with Gasteiger partial charge in [0.25, 0.3) is 0 Å². The minimum atomic E-state index is -0.670. The number of aryl methyl sites for hydroxylation is 1. The number of phenolic OH excluding ortho intramolecular Hbond substituents is 1. The number of hydrogen-bond donors (Lipinski definition) is 1. The summed E-state index contributed by atoms with van der Waals surface area (Å²) in [6.07, 6.45) is 0. The van der Waals surface area contributed by atoms with Gasteiger partial charge in [-0.05, 0) is 42.8 Å². The molecule has 0 saturated heterocycles. The number of benzene rings is 2. The van der Waals surface area contributed by atoms with E-state index in [1.54, 1.807) is 31.2 Å². The Morgan fingerprint density at radius 1 is 1.04 bits per heavy atom. The Balaban J connectivity index is 1.64. The molecule has 124 valence electrons. The lowest BCUT2D eigenvalue weighted by atomic mass is 10.1. The molecule has 0 spiro atoms. The molecule has 1 aliphatic heterocycles. The average Bonchev–Trinajstić information content (AvgIpc) is 2.61. The quantitative estimate of drug-likeness (QED) is 0.686. The van der Waals surface area contributed by atoms with Crippen molar-refractivity contribution in [2.24, 2.45) is 0 Å². The van der Waals surface area contributed by atoms with Gasteiger partial charge in [0.05, 0.1) is 5.56 Å². The van der Waals surface area contributed by atoms with Crippen LogP contribution in [0.3, 0.4) is 0 Å². The van der Waals surface area contributed by atoms with Gasteiger partial charge in [0, 0.05) is 5.56 Å². The summed E-state index contributed by atoms with van der Waals surface area (Å²) < 4.78 is 15.8. The normalized spacial score (nSPS) is 12.5. The fourth-order valence-electron chi connectivity index (χ4n) is 2.25. The van der Waals surface area contributed by atoms with E-state index < -0.39 is 12.6 Å². The van der Waals surface area contributed by atoms with E-state index in [2.05, 4.69) is 0 Å². The summed E-state index contributed by atoms with van der Waals surface area (Å²) in [5.74, 6) is 0.0715. The maximum Gasteiger partial charge on any atom is 0.338 e. The summed E-state index contributed by atoms with van der Waals surface area (Å²) >= 11 is 0. The second kappa shape index (κ2) is 6.62. The monoisotopic (exact) mass is 328 g/mol. The predicted octanol–water partition coefficient (Wildman–Crippen LogP) is 2.51. The Hall–Kier alpha value is -3.02. The zero-order valence-corrected chi connectivity index (χ0v) is 13.1. The molecule has 0 aliphatic carbocycles. The third-order valence-corrected chi connectivity index (χ3v) is 3.64. The summed E-state index contributed by atoms with van der Waals surface area (Å²) in [5, 5.41) is 9.62. The predicted molar refractivity (Wildman–Crippen MR) is 84.9 cm³/mol. The molecule has 1 aliphatic rings. The first kappa shape index (κ1) is 15.9. The number of Topliss-reactive ketones (excluding diaryl/α,β-unsaturated/α-hetero) is 1. The number of carbonyl (C=O) groups is 2. The minimum Gasteiger partial charge on any atom is -0.508 e. The second-order valence-corrected chi connectivity index (χ2v) is 5.36. The standard InChI is InChI=1S/C18H16O6/c1-11-2-3-13(8-14(11)19)18(21)24-10-15(20)12-4-5-16-17(9-12)23-7-6-22-16/h2-5,8-9,19H,6-7,10H2,1H3. The zero-order chi connectivity index (χ0) is 17.1. The summed E-state index contributed by atoms with van der Waals surface area (Å²) in [6, 6.07) is 9.28. The van der Waals surface area contributed by atoms with Crippen LogP contribution in [-0.2, 0) is 4.74 Å². The molecule has 3 rings (SSSR count). The molecule has 6 nitrogen and oxygen atoms in total. The summed E-state index contributed by atoms with van der Waals surface area (Å²) in [6.45, 7) is 2.22. The van der Waals surface area contributed by atoms with E-state index in [9.17, 15) is 14.7 Å². The number of esters is 1. The topological polar surface area (TPSA) is 82.1 Å². The van der Waals surface area contributed by atoms with Gasteiger partial charge < -0.3 is 19.3 Å². The Labute approximate surface area is 138 Å². The van der Waals surface area contributed by atoms with E-state index in [0.29, 0.717) is 35.8 Å². The Kier molecular flexibility index (Phi) is 4.37. The third-order valence-electron chi connectivity index (χ3n) is 3.64. The fourth-order valence-corrected chi connectivity index (χ4v) is 2.25. The zero-order valence-electron chi connectivity index (χ0n) is 13.1. The molecule has 0 bridgehead atoms. The highest BCUT2D eigenvalue weighted by Gasteiger charge is 2.17. The van der Waals surface area contributed by atoms with Crippen LogP contribution in [0.4, 0.5) is 0 Å². The SMILES string of the molecule is Cc1ccc(C(=O)OCC(=O)c2ccc3c(c2)OCCO3)cc1O. The second-order valence-electron chi connectivity index (χ2n) is 5.36. The molecule has 1 heterocycles. The number of phenols is 1. The van der Waals surface area contributed by atoms with Crippen molar-refractivity contribution in [1.29, 1.82) is 0 Å². The van der Waals surface area contributed by atoms with Crippen LogP contribution in [0, 0.1) is 6.92 Å². The highest BCUT2D eigenvalue weighted by molar-refractivity contribution is 5.99. The van der Waals surface area contributed by atoms with Crippen molar-refractivity contribution in [3.8, 4) is 17.2 Å². The number of fused-ring (bicyclic) bond motifs is 1. The van der Waals surface area contributed by atoms with Gasteiger partial charge in [-0.25, -0.2) is 4.79 Å². The van der Waals surface area contributed by atoms with Gasteiger partial charge in [0.15, 0.2) is 23.9 Å². The number of aromatic hydroxyl groups is 1. The Morgan fingerprint density at radius 3 is 2.50 bits per heavy atom. The Morgan fingerprint density at radius 2 is 1.75 bits per heavy atom. The molecular formula is C18H16O6. The first-order valence-corrected chi connectivity index (χ1v) is 7.44. The highest BCUT2D eigenvalue weighted by atomic mass is 16.6. The molecule has 6 heteroatoms. The van der Waals surface area contributed by atoms with Gasteiger partial charge in [0.1, 0.15) is 19.0 Å². The minimum absolute atomic E-state index is 0.00242. The average molecular weight is 328 g/mol. The molecule has 0 amide bonds. The molecule has 0 saturated carbocycles. The van der Waals surface area contributed by atoms with E-state index >= 15 is 0 Å². The van der Waals surface area contributed by atoms with Crippen LogP contribution in [0.5, 0.6) is 17.2 Å². The van der Waals surface area contributed by atoms with Gasteiger partial charge in [-0.2, -0.15) is 0 Å². The number of carbonyl (C=O) groups excluding carboxylic acids is 2. The van der Waals surface area contributed by atoms with Crippen molar-refractivity contribution in [2.75, 3.05) is 19.8 Å². The fraction of sp³-hybridized carbons (Fsp3) is 0.222. The smallest absolute Gasteiger partial charge is 0.338 e. The van der Waals surface area contributed by atoms with E-state index in [0.717, 1.165) is 0 Å². The third kappa shape index (κ3) is 3.32. The summed E-state index contributed by atoms with van der Waals surface area (Å²) in [4.78, 5) is 24.1. The number of ether oxygens (including phenoxy) is 3. The highest BCUT2D eigenvalue weighted by Crippen LogP contribution is 2.30. The molecule has 1 N–H and O–H groups in total. The maximum atomic E-state index is 12.2. The molecular weight excluding hydrogens is 312 g/mol. The summed E-state index contributed by atoms with van der Waals surface area (Å²) in [5.41, 5.74) is 1.21. The van der Waals surface area contributed by atoms with Gasteiger partial charge in [-0.3, -0.25) is 4.79 Å². The van der Waals surface area contributed by atoms with Crippen LogP contribution in [0.15, 0.2) is 36.4 Å². The molecule has 0 radical (unpaired) electrons. The molecule has 0 atom stereocenters. The van der Waals surface area contributed by atoms with Crippen molar-refractivity contribution in [3.63, 3.8) is 0 Å². The Bertz CT molecular complexity index is 796. The van der Waals surface area contributed by atoms with E-state index in [1.165, 1.54) is 12.1 Å². The molecule has 2 aromatic rings. The maximum absolute atomic E-state index is 12.2. The van der Waals surface area contributed by atoms with Crippen LogP contribution in [0.1, 0.15) is 26.3 Å². The number of rotatable bonds is 4. The lowest BCUT2D eigenvalue weighted by Crippen LogP contribution is -2.17. The van der Waals surface area contributed by atoms with Crippen molar-refractivity contribution < 1.29 is 28.9 Å². The van der Waals surface area contributed by atoms with E-state index in [-0.39, 0.29) is 17.1 Å². The molecule has 2 aromatic carbocycles. The summed E-state index contributed by atoms with van der Waals surface area (Å²) in [7, 11) is 0. The molecule has 24 heavy (non-hydrogen) atoms. The first-order valence-electron chi connectivity index (χ1n) is 7.44. The molecule has 0 fully saturated rings. The molecule has 0 unspecified atom stereocenters. The van der Waals surface area contributed by atoms with Gasteiger partial charge >= 0.3 is 5.97 Å². The largest absolute Gasteiger partial charge is 0.508 e. The number of ketones is 1. The van der Waals surface area contributed by atoms with Crippen LogP contribution in [-0.4, -0.2) is 36.7 Å². The lowest BCUT2D eigenvalue weighted by Gasteiger charge is -2.18. The van der Waals surface area contributed by atoms with Crippen molar-refractivity contribution in [1.82, 2.24) is 0 Å². The van der Waals surface area contributed by atoms with Crippen LogP contribution in [0.2, 0.25) is 0 Å². The van der Waals surface area contributed by atoms with Gasteiger partial charge in [-0.15, -0.1) is 0 Å². The lowest BCUT2D eigenvalue weighted by molar-refractivity contribution is 0.0474. The van der Waals surface area contributed by atoms with Crippen molar-refractivity contribution in [2.45, 2.75) is 6.92 Å². The van der Waals surface area contributed by atoms with Gasteiger partial charge in [-0.1, -0.05) is 6.07 Å². The number of hydrogen-bond acceptors (Lipinski definition) is 6.